The van der Waals surface area contributed by atoms with Crippen molar-refractivity contribution < 1.29 is 14.3 Å². The van der Waals surface area contributed by atoms with Crippen molar-refractivity contribution in [3.8, 4) is 5.88 Å². The number of methoxy groups -OCH3 is 1. The molecule has 0 bridgehead atoms. The molecule has 1 rings (SSSR count). The SMILES string of the molecule is COCCOc1ccc(NC(=O)[C@H](N)C(C)(C)C)cn1. The zero-order valence-corrected chi connectivity index (χ0v) is 12.5. The van der Waals surface area contributed by atoms with Gasteiger partial charge in [0, 0.05) is 13.2 Å². The highest BCUT2D eigenvalue weighted by Gasteiger charge is 2.27. The molecular weight excluding hydrogens is 258 g/mol. The zero-order valence-electron chi connectivity index (χ0n) is 12.5. The van der Waals surface area contributed by atoms with Gasteiger partial charge < -0.3 is 20.5 Å². The highest BCUT2D eigenvalue weighted by molar-refractivity contribution is 5.95. The zero-order chi connectivity index (χ0) is 15.2. The Labute approximate surface area is 119 Å². The summed E-state index contributed by atoms with van der Waals surface area (Å²) in [6, 6.07) is 2.83. The van der Waals surface area contributed by atoms with Gasteiger partial charge >= 0.3 is 0 Å². The summed E-state index contributed by atoms with van der Waals surface area (Å²) in [6.45, 7) is 6.69. The molecule has 0 aliphatic rings. The third-order valence-electron chi connectivity index (χ3n) is 2.76. The van der Waals surface area contributed by atoms with Gasteiger partial charge in [-0.2, -0.15) is 0 Å². The maximum absolute atomic E-state index is 11.9. The van der Waals surface area contributed by atoms with E-state index in [1.165, 1.54) is 6.20 Å². The average Bonchev–Trinajstić information content (AvgIpc) is 2.39. The number of hydrogen-bond donors (Lipinski definition) is 2. The highest BCUT2D eigenvalue weighted by Crippen LogP contribution is 2.19. The van der Waals surface area contributed by atoms with Gasteiger partial charge in [0.05, 0.1) is 24.5 Å². The van der Waals surface area contributed by atoms with Gasteiger partial charge in [-0.15, -0.1) is 0 Å². The Morgan fingerprint density at radius 1 is 1.40 bits per heavy atom. The third-order valence-corrected chi connectivity index (χ3v) is 2.76. The standard InChI is InChI=1S/C14H23N3O3/c1-14(2,3)12(15)13(18)17-10-5-6-11(16-9-10)20-8-7-19-4/h5-6,9,12H,7-8,15H2,1-4H3,(H,17,18)/t12-/m0/s1. The van der Waals surface area contributed by atoms with E-state index in [2.05, 4.69) is 10.3 Å². The first kappa shape index (κ1) is 16.4. The Bertz CT molecular complexity index is 426. The Hall–Kier alpha value is -1.66. The van der Waals surface area contributed by atoms with Crippen molar-refractivity contribution >= 4 is 11.6 Å². The molecule has 3 N–H and O–H groups in total. The van der Waals surface area contributed by atoms with E-state index in [1.807, 2.05) is 20.8 Å². The molecule has 1 heterocycles. The Kier molecular flexibility index (Phi) is 5.91. The van der Waals surface area contributed by atoms with E-state index in [0.29, 0.717) is 24.8 Å². The van der Waals surface area contributed by atoms with E-state index in [4.69, 9.17) is 15.2 Å². The molecule has 0 unspecified atom stereocenters. The predicted octanol–water partition coefficient (Wildman–Crippen LogP) is 1.42. The Morgan fingerprint density at radius 2 is 2.10 bits per heavy atom. The van der Waals surface area contributed by atoms with Gasteiger partial charge in [-0.1, -0.05) is 20.8 Å². The van der Waals surface area contributed by atoms with Crippen molar-refractivity contribution in [1.29, 1.82) is 0 Å². The number of carbonyl (C=O) groups excluding carboxylic acids is 1. The monoisotopic (exact) mass is 281 g/mol. The van der Waals surface area contributed by atoms with E-state index in [1.54, 1.807) is 19.2 Å². The molecule has 1 aromatic rings. The minimum Gasteiger partial charge on any atom is -0.475 e. The first-order valence-corrected chi connectivity index (χ1v) is 6.49. The van der Waals surface area contributed by atoms with Crippen LogP contribution in [0.5, 0.6) is 5.88 Å². The number of carbonyl (C=O) groups is 1. The van der Waals surface area contributed by atoms with Gasteiger partial charge in [-0.05, 0) is 11.5 Å². The summed E-state index contributed by atoms with van der Waals surface area (Å²) in [7, 11) is 1.61. The summed E-state index contributed by atoms with van der Waals surface area (Å²) in [5, 5.41) is 2.74. The molecule has 1 atom stereocenters. The maximum Gasteiger partial charge on any atom is 0.241 e. The van der Waals surface area contributed by atoms with Crippen LogP contribution >= 0.6 is 0 Å². The molecule has 6 heteroatoms. The molecule has 0 saturated carbocycles. The normalized spacial score (nSPS) is 12.8. The second-order valence-electron chi connectivity index (χ2n) is 5.56. The fourth-order valence-electron chi connectivity index (χ4n) is 1.38. The second kappa shape index (κ2) is 7.21. The molecule has 1 amide bonds. The molecule has 0 aromatic carbocycles. The lowest BCUT2D eigenvalue weighted by atomic mass is 9.87. The van der Waals surface area contributed by atoms with Crippen molar-refractivity contribution in [2.75, 3.05) is 25.6 Å². The van der Waals surface area contributed by atoms with Gasteiger partial charge in [-0.25, -0.2) is 4.98 Å². The number of ether oxygens (including phenoxy) is 2. The number of hydrogen-bond acceptors (Lipinski definition) is 5. The van der Waals surface area contributed by atoms with Gasteiger partial charge in [0.15, 0.2) is 0 Å². The molecule has 6 nitrogen and oxygen atoms in total. The molecule has 0 aliphatic carbocycles. The summed E-state index contributed by atoms with van der Waals surface area (Å²) in [5.41, 5.74) is 6.18. The van der Waals surface area contributed by atoms with Gasteiger partial charge in [0.25, 0.3) is 0 Å². The molecule has 0 spiro atoms. The Morgan fingerprint density at radius 3 is 2.60 bits per heavy atom. The minimum atomic E-state index is -0.583. The van der Waals surface area contributed by atoms with Crippen molar-refractivity contribution in [2.24, 2.45) is 11.1 Å². The van der Waals surface area contributed by atoms with Gasteiger partial charge in [0.2, 0.25) is 11.8 Å². The summed E-state index contributed by atoms with van der Waals surface area (Å²) in [5.74, 6) is 0.257. The van der Waals surface area contributed by atoms with Crippen molar-refractivity contribution in [2.45, 2.75) is 26.8 Å². The molecule has 0 radical (unpaired) electrons. The Balaban J connectivity index is 2.55. The van der Waals surface area contributed by atoms with Crippen molar-refractivity contribution in [3.05, 3.63) is 18.3 Å². The lowest BCUT2D eigenvalue weighted by molar-refractivity contribution is -0.119. The van der Waals surface area contributed by atoms with Crippen LogP contribution in [0.2, 0.25) is 0 Å². The number of rotatable bonds is 6. The number of nitrogens with zero attached hydrogens (tertiary/aromatic N) is 1. The first-order valence-electron chi connectivity index (χ1n) is 6.49. The number of amides is 1. The third kappa shape index (κ3) is 5.14. The van der Waals surface area contributed by atoms with Crippen LogP contribution in [-0.2, 0) is 9.53 Å². The highest BCUT2D eigenvalue weighted by atomic mass is 16.5. The van der Waals surface area contributed by atoms with E-state index < -0.39 is 6.04 Å². The second-order valence-corrected chi connectivity index (χ2v) is 5.56. The van der Waals surface area contributed by atoms with Crippen LogP contribution in [0.1, 0.15) is 20.8 Å². The summed E-state index contributed by atoms with van der Waals surface area (Å²) in [4.78, 5) is 16.0. The molecule has 1 aromatic heterocycles. The maximum atomic E-state index is 11.9. The fourth-order valence-corrected chi connectivity index (χ4v) is 1.38. The van der Waals surface area contributed by atoms with E-state index in [0.717, 1.165) is 0 Å². The number of pyridine rings is 1. The molecule has 20 heavy (non-hydrogen) atoms. The predicted molar refractivity (Wildman–Crippen MR) is 77.7 cm³/mol. The number of nitrogens with two attached hydrogens (primary N) is 1. The van der Waals surface area contributed by atoms with Crippen LogP contribution in [0, 0.1) is 5.41 Å². The molecule has 0 aliphatic heterocycles. The lowest BCUT2D eigenvalue weighted by Crippen LogP contribution is -2.45. The fraction of sp³-hybridized carbons (Fsp3) is 0.571. The number of anilines is 1. The van der Waals surface area contributed by atoms with Crippen LogP contribution in [0.25, 0.3) is 0 Å². The average molecular weight is 281 g/mol. The van der Waals surface area contributed by atoms with Crippen molar-refractivity contribution in [3.63, 3.8) is 0 Å². The van der Waals surface area contributed by atoms with E-state index >= 15 is 0 Å². The lowest BCUT2D eigenvalue weighted by Gasteiger charge is -2.25. The molecule has 0 fully saturated rings. The summed E-state index contributed by atoms with van der Waals surface area (Å²) < 4.78 is 10.2. The minimum absolute atomic E-state index is 0.229. The van der Waals surface area contributed by atoms with E-state index in [-0.39, 0.29) is 11.3 Å². The molecule has 112 valence electrons. The van der Waals surface area contributed by atoms with Gasteiger partial charge in [0.1, 0.15) is 6.61 Å². The summed E-state index contributed by atoms with van der Waals surface area (Å²) >= 11 is 0. The van der Waals surface area contributed by atoms with Crippen LogP contribution in [0.4, 0.5) is 5.69 Å². The molecule has 0 saturated heterocycles. The largest absolute Gasteiger partial charge is 0.475 e. The first-order chi connectivity index (χ1) is 9.34. The van der Waals surface area contributed by atoms with Crippen LogP contribution in [0.3, 0.4) is 0 Å². The van der Waals surface area contributed by atoms with Crippen LogP contribution in [-0.4, -0.2) is 37.3 Å². The quantitative estimate of drug-likeness (QED) is 0.770. The van der Waals surface area contributed by atoms with Crippen molar-refractivity contribution in [1.82, 2.24) is 4.98 Å². The smallest absolute Gasteiger partial charge is 0.241 e. The topological polar surface area (TPSA) is 86.5 Å². The number of nitrogens with one attached hydrogen (secondary N) is 1. The molecular formula is C14H23N3O3. The van der Waals surface area contributed by atoms with Crippen LogP contribution in [0.15, 0.2) is 18.3 Å². The number of aromatic nitrogens is 1. The van der Waals surface area contributed by atoms with E-state index in [9.17, 15) is 4.79 Å². The van der Waals surface area contributed by atoms with Gasteiger partial charge in [-0.3, -0.25) is 4.79 Å². The summed E-state index contributed by atoms with van der Waals surface area (Å²) in [6.07, 6.45) is 1.54. The van der Waals surface area contributed by atoms with Crippen LogP contribution < -0.4 is 15.8 Å².